The quantitative estimate of drug-likeness (QED) is 0.714. The summed E-state index contributed by atoms with van der Waals surface area (Å²) in [6.07, 6.45) is 6.57. The van der Waals surface area contributed by atoms with Crippen molar-refractivity contribution in [3.63, 3.8) is 0 Å². The zero-order valence-electron chi connectivity index (χ0n) is 17.4. The number of imide groups is 1. The van der Waals surface area contributed by atoms with Crippen LogP contribution >= 0.6 is 11.8 Å². The van der Waals surface area contributed by atoms with Gasteiger partial charge >= 0.3 is 6.03 Å². The van der Waals surface area contributed by atoms with E-state index in [-0.39, 0.29) is 12.5 Å². The summed E-state index contributed by atoms with van der Waals surface area (Å²) in [5.41, 5.74) is 1.98. The van der Waals surface area contributed by atoms with Gasteiger partial charge in [-0.3, -0.25) is 9.78 Å². The minimum atomic E-state index is -0.553. The molecule has 2 atom stereocenters. The molecule has 3 aliphatic rings. The van der Waals surface area contributed by atoms with Crippen molar-refractivity contribution in [2.75, 3.05) is 11.4 Å². The fraction of sp³-hybridized carbons (Fsp3) is 0.292. The number of carbonyl (C=O) groups is 2. The highest BCUT2D eigenvalue weighted by Crippen LogP contribution is 2.50. The Balaban J connectivity index is 1.57. The summed E-state index contributed by atoms with van der Waals surface area (Å²) in [5.74, 6) is -0.309. The predicted molar refractivity (Wildman–Crippen MR) is 120 cm³/mol. The lowest BCUT2D eigenvalue weighted by Crippen LogP contribution is -2.63. The summed E-state index contributed by atoms with van der Waals surface area (Å²) in [7, 11) is 0. The summed E-state index contributed by atoms with van der Waals surface area (Å²) in [6, 6.07) is 12.7. The Kier molecular flexibility index (Phi) is 4.76. The molecule has 0 spiro atoms. The number of urea groups is 1. The van der Waals surface area contributed by atoms with E-state index in [4.69, 9.17) is 0 Å². The SMILES string of the molecule is Cc1cncc(N2C(=O)C3SC(c4ccccc4C#N)=CC3N(CC3(C#N)CC3)C2=O)c1. The highest BCUT2D eigenvalue weighted by molar-refractivity contribution is 8.09. The lowest BCUT2D eigenvalue weighted by Gasteiger charge is -2.41. The molecule has 0 N–H and O–H groups in total. The number of rotatable bonds is 4. The van der Waals surface area contributed by atoms with Crippen LogP contribution in [-0.2, 0) is 4.79 Å². The van der Waals surface area contributed by atoms with Gasteiger partial charge in [0.15, 0.2) is 0 Å². The average Bonchev–Trinajstić information content (AvgIpc) is 3.44. The molecule has 1 saturated heterocycles. The second kappa shape index (κ2) is 7.51. The number of amides is 3. The van der Waals surface area contributed by atoms with Crippen LogP contribution in [0, 0.1) is 35.0 Å². The molecule has 2 aliphatic heterocycles. The number of nitrogens with zero attached hydrogens (tertiary/aromatic N) is 5. The van der Waals surface area contributed by atoms with Gasteiger partial charge in [0, 0.05) is 23.2 Å². The summed E-state index contributed by atoms with van der Waals surface area (Å²) in [4.78, 5) is 34.9. The Morgan fingerprint density at radius 1 is 1.22 bits per heavy atom. The smallest absolute Gasteiger partial charge is 0.314 e. The third-order valence-corrected chi connectivity index (χ3v) is 7.49. The molecule has 7 nitrogen and oxygen atoms in total. The van der Waals surface area contributed by atoms with E-state index < -0.39 is 22.7 Å². The number of pyridine rings is 1. The maximum atomic E-state index is 13.6. The lowest BCUT2D eigenvalue weighted by molar-refractivity contribution is -0.119. The van der Waals surface area contributed by atoms with Crippen molar-refractivity contribution in [3.8, 4) is 12.1 Å². The summed E-state index contributed by atoms with van der Waals surface area (Å²) < 4.78 is 0. The van der Waals surface area contributed by atoms with Crippen LogP contribution in [0.1, 0.15) is 29.5 Å². The van der Waals surface area contributed by atoms with Crippen LogP contribution in [0.15, 0.2) is 48.8 Å². The van der Waals surface area contributed by atoms with E-state index in [1.165, 1.54) is 22.9 Å². The molecule has 1 aromatic carbocycles. The first kappa shape index (κ1) is 20.3. The molecule has 3 heterocycles. The molecule has 3 amide bonds. The van der Waals surface area contributed by atoms with Crippen LogP contribution in [0.4, 0.5) is 10.5 Å². The first-order valence-corrected chi connectivity index (χ1v) is 11.2. The highest BCUT2D eigenvalue weighted by atomic mass is 32.2. The van der Waals surface area contributed by atoms with Crippen molar-refractivity contribution in [1.29, 1.82) is 10.5 Å². The summed E-state index contributed by atoms with van der Waals surface area (Å²) in [5, 5.41) is 18.6. The standard InChI is InChI=1S/C24H19N5O2S/c1-15-8-17(12-27-11-15)29-22(30)21-19(28(23(29)31)14-24(13-26)6-7-24)9-20(32-21)18-5-3-2-4-16(18)10-25/h2-5,8-9,11-12,19,21H,6-7,14H2,1H3. The average molecular weight is 442 g/mol. The minimum Gasteiger partial charge on any atom is -0.314 e. The first-order chi connectivity index (χ1) is 15.5. The van der Waals surface area contributed by atoms with Crippen molar-refractivity contribution in [2.45, 2.75) is 31.1 Å². The van der Waals surface area contributed by atoms with Crippen LogP contribution < -0.4 is 4.90 Å². The number of carbonyl (C=O) groups excluding carboxylic acids is 2. The van der Waals surface area contributed by atoms with Crippen molar-refractivity contribution < 1.29 is 9.59 Å². The topological polar surface area (TPSA) is 101 Å². The second-order valence-electron chi connectivity index (χ2n) is 8.41. The van der Waals surface area contributed by atoms with E-state index in [0.717, 1.165) is 28.9 Å². The second-order valence-corrected chi connectivity index (χ2v) is 9.60. The number of thioether (sulfide) groups is 1. The van der Waals surface area contributed by atoms with Crippen LogP contribution in [0.2, 0.25) is 0 Å². The zero-order chi connectivity index (χ0) is 22.5. The van der Waals surface area contributed by atoms with Gasteiger partial charge in [-0.1, -0.05) is 18.2 Å². The number of aryl methyl sites for hydroxylation is 1. The molecular weight excluding hydrogens is 422 g/mol. The van der Waals surface area contributed by atoms with E-state index in [9.17, 15) is 20.1 Å². The molecular formula is C24H19N5O2S. The van der Waals surface area contributed by atoms with Crippen LogP contribution in [0.5, 0.6) is 0 Å². The Morgan fingerprint density at radius 3 is 2.69 bits per heavy atom. The Morgan fingerprint density at radius 2 is 2.00 bits per heavy atom. The first-order valence-electron chi connectivity index (χ1n) is 10.3. The molecule has 1 saturated carbocycles. The fourth-order valence-electron chi connectivity index (χ4n) is 4.22. The van der Waals surface area contributed by atoms with E-state index in [2.05, 4.69) is 17.1 Å². The molecule has 5 rings (SSSR count). The third-order valence-electron chi connectivity index (χ3n) is 6.14. The fourth-order valence-corrected chi connectivity index (χ4v) is 5.59. The normalized spacial score (nSPS) is 23.3. The zero-order valence-corrected chi connectivity index (χ0v) is 18.2. The molecule has 2 aromatic rings. The van der Waals surface area contributed by atoms with E-state index in [0.29, 0.717) is 11.3 Å². The number of fused-ring (bicyclic) bond motifs is 1. The van der Waals surface area contributed by atoms with Crippen molar-refractivity contribution >= 4 is 34.3 Å². The lowest BCUT2D eigenvalue weighted by atomic mass is 10.0. The summed E-state index contributed by atoms with van der Waals surface area (Å²) >= 11 is 1.37. The molecule has 2 fully saturated rings. The minimum absolute atomic E-state index is 0.275. The Bertz CT molecular complexity index is 1250. The number of nitriles is 2. The van der Waals surface area contributed by atoms with Crippen molar-refractivity contribution in [3.05, 3.63) is 65.5 Å². The monoisotopic (exact) mass is 441 g/mol. The molecule has 0 radical (unpaired) electrons. The van der Waals surface area contributed by atoms with Crippen LogP contribution in [-0.4, -0.2) is 39.7 Å². The number of aromatic nitrogens is 1. The highest BCUT2D eigenvalue weighted by Gasteiger charge is 2.54. The van der Waals surface area contributed by atoms with Crippen molar-refractivity contribution in [2.24, 2.45) is 5.41 Å². The van der Waals surface area contributed by atoms with E-state index in [1.54, 1.807) is 29.3 Å². The van der Waals surface area contributed by atoms with Gasteiger partial charge in [0.1, 0.15) is 5.25 Å². The van der Waals surface area contributed by atoms with Gasteiger partial charge in [-0.25, -0.2) is 9.69 Å². The van der Waals surface area contributed by atoms with Gasteiger partial charge in [-0.05, 0) is 43.5 Å². The Labute approximate surface area is 189 Å². The number of benzene rings is 1. The van der Waals surface area contributed by atoms with Gasteiger partial charge in [0.25, 0.3) is 5.91 Å². The van der Waals surface area contributed by atoms with Crippen LogP contribution in [0.3, 0.4) is 0 Å². The van der Waals surface area contributed by atoms with Gasteiger partial charge in [-0.15, -0.1) is 11.8 Å². The number of hydrogen-bond acceptors (Lipinski definition) is 6. The third kappa shape index (κ3) is 3.24. The predicted octanol–water partition coefficient (Wildman–Crippen LogP) is 3.86. The van der Waals surface area contributed by atoms with Gasteiger partial charge in [0.2, 0.25) is 0 Å². The van der Waals surface area contributed by atoms with Gasteiger partial charge in [0.05, 0.1) is 41.0 Å². The molecule has 1 aliphatic carbocycles. The molecule has 2 unspecified atom stereocenters. The van der Waals surface area contributed by atoms with Crippen LogP contribution in [0.25, 0.3) is 4.91 Å². The molecule has 1 aromatic heterocycles. The van der Waals surface area contributed by atoms with E-state index >= 15 is 0 Å². The maximum Gasteiger partial charge on any atom is 0.332 e. The number of hydrogen-bond donors (Lipinski definition) is 0. The molecule has 0 bridgehead atoms. The van der Waals surface area contributed by atoms with Gasteiger partial charge in [-0.2, -0.15) is 10.5 Å². The number of anilines is 1. The van der Waals surface area contributed by atoms with Gasteiger partial charge < -0.3 is 4.90 Å². The molecule has 158 valence electrons. The Hall–Kier alpha value is -3.62. The maximum absolute atomic E-state index is 13.6. The van der Waals surface area contributed by atoms with E-state index in [1.807, 2.05) is 25.1 Å². The summed E-state index contributed by atoms with van der Waals surface area (Å²) in [6.45, 7) is 2.13. The van der Waals surface area contributed by atoms with Crippen molar-refractivity contribution in [1.82, 2.24) is 9.88 Å². The molecule has 32 heavy (non-hydrogen) atoms. The largest absolute Gasteiger partial charge is 0.332 e. The molecule has 8 heteroatoms.